The molecule has 0 saturated carbocycles. The summed E-state index contributed by atoms with van der Waals surface area (Å²) in [5.41, 5.74) is -1.54. The van der Waals surface area contributed by atoms with E-state index in [2.05, 4.69) is 5.32 Å². The highest BCUT2D eigenvalue weighted by molar-refractivity contribution is 6.02. The molecule has 1 N–H and O–H groups in total. The molecule has 0 aromatic heterocycles. The Bertz CT molecular complexity index is 393. The van der Waals surface area contributed by atoms with Crippen LogP contribution in [0.15, 0.2) is 0 Å². The molecule has 0 aromatic rings. The number of nitrogens with one attached hydrogen (secondary N) is 1. The van der Waals surface area contributed by atoms with Gasteiger partial charge in [-0.25, -0.2) is 0 Å². The number of methoxy groups -OCH3 is 1. The second-order valence-electron chi connectivity index (χ2n) is 6.18. The van der Waals surface area contributed by atoms with Crippen LogP contribution in [0.1, 0.15) is 60.3 Å². The van der Waals surface area contributed by atoms with Crippen LogP contribution in [0.2, 0.25) is 0 Å². The van der Waals surface area contributed by atoms with Gasteiger partial charge in [-0.3, -0.25) is 9.59 Å². The number of carbonyl (C=O) groups is 2. The quantitative estimate of drug-likeness (QED) is 0.783. The minimum atomic E-state index is -0.780. The normalized spacial score (nSPS) is 26.7. The molecular weight excluding hydrogens is 268 g/mol. The van der Waals surface area contributed by atoms with Crippen LogP contribution in [0.25, 0.3) is 0 Å². The van der Waals surface area contributed by atoms with Crippen LogP contribution in [0.3, 0.4) is 0 Å². The van der Waals surface area contributed by atoms with E-state index in [4.69, 9.17) is 4.74 Å². The molecule has 0 radical (unpaired) electrons. The van der Waals surface area contributed by atoms with Crippen molar-refractivity contribution >= 4 is 11.8 Å². The van der Waals surface area contributed by atoms with Crippen LogP contribution in [0, 0.1) is 0 Å². The smallest absolute Gasteiger partial charge is 0.249 e. The van der Waals surface area contributed by atoms with Crippen molar-refractivity contribution in [1.29, 1.82) is 0 Å². The lowest BCUT2D eigenvalue weighted by Crippen LogP contribution is -2.76. The third-order valence-corrected chi connectivity index (χ3v) is 5.08. The van der Waals surface area contributed by atoms with Gasteiger partial charge in [0.05, 0.1) is 0 Å². The second kappa shape index (κ2) is 6.77. The molecule has 1 heterocycles. The van der Waals surface area contributed by atoms with E-state index in [-0.39, 0.29) is 17.9 Å². The summed E-state index contributed by atoms with van der Waals surface area (Å²) in [6.45, 7) is 10.3. The average molecular weight is 298 g/mol. The number of hydrogen-bond acceptors (Lipinski definition) is 3. The third kappa shape index (κ3) is 2.93. The molecule has 5 heteroatoms. The topological polar surface area (TPSA) is 58.6 Å². The molecule has 1 rings (SSSR count). The zero-order valence-electron chi connectivity index (χ0n) is 14.3. The maximum absolute atomic E-state index is 13.1. The molecule has 1 aliphatic rings. The molecule has 2 amide bonds. The molecule has 0 aliphatic carbocycles. The Balaban J connectivity index is 3.22. The maximum atomic E-state index is 13.1. The van der Waals surface area contributed by atoms with Crippen molar-refractivity contribution in [2.75, 3.05) is 13.7 Å². The Kier molecular flexibility index (Phi) is 5.79. The van der Waals surface area contributed by atoms with Gasteiger partial charge in [0.1, 0.15) is 11.1 Å². The van der Waals surface area contributed by atoms with Crippen molar-refractivity contribution in [1.82, 2.24) is 10.2 Å². The van der Waals surface area contributed by atoms with Gasteiger partial charge < -0.3 is 15.0 Å². The molecular formula is C16H30N2O3. The number of amides is 2. The van der Waals surface area contributed by atoms with E-state index in [1.807, 2.05) is 34.6 Å². The van der Waals surface area contributed by atoms with Gasteiger partial charge in [0.25, 0.3) is 0 Å². The summed E-state index contributed by atoms with van der Waals surface area (Å²) >= 11 is 0. The first kappa shape index (κ1) is 18.0. The fourth-order valence-electron chi connectivity index (χ4n) is 3.13. The summed E-state index contributed by atoms with van der Waals surface area (Å²) < 4.78 is 5.13. The third-order valence-electron chi connectivity index (χ3n) is 5.08. The number of carbonyl (C=O) groups excluding carboxylic acids is 2. The number of piperazine rings is 1. The number of rotatable bonds is 7. The van der Waals surface area contributed by atoms with Gasteiger partial charge >= 0.3 is 0 Å². The highest BCUT2D eigenvalue weighted by atomic mass is 16.5. The molecule has 0 aromatic carbocycles. The first-order chi connectivity index (χ1) is 9.82. The summed E-state index contributed by atoms with van der Waals surface area (Å²) in [6, 6.07) is -0.0223. The summed E-state index contributed by atoms with van der Waals surface area (Å²) in [6.07, 6.45) is 2.56. The predicted molar refractivity (Wildman–Crippen MR) is 83.0 cm³/mol. The molecule has 1 fully saturated rings. The van der Waals surface area contributed by atoms with E-state index < -0.39 is 11.1 Å². The zero-order chi connectivity index (χ0) is 16.3. The minimum Gasteiger partial charge on any atom is -0.385 e. The SMILES string of the molecule is CCC1(CC)NC(=O)C(C)(CC)N(C(C)CCOC)C1=O. The van der Waals surface area contributed by atoms with Crippen molar-refractivity contribution in [3.05, 3.63) is 0 Å². The summed E-state index contributed by atoms with van der Waals surface area (Å²) in [5, 5.41) is 3.00. The highest BCUT2D eigenvalue weighted by Gasteiger charge is 2.55. The van der Waals surface area contributed by atoms with E-state index in [0.29, 0.717) is 25.9 Å². The zero-order valence-corrected chi connectivity index (χ0v) is 14.3. The van der Waals surface area contributed by atoms with Gasteiger partial charge in [-0.2, -0.15) is 0 Å². The fraction of sp³-hybridized carbons (Fsp3) is 0.875. The highest BCUT2D eigenvalue weighted by Crippen LogP contribution is 2.34. The lowest BCUT2D eigenvalue weighted by molar-refractivity contribution is -0.166. The van der Waals surface area contributed by atoms with Gasteiger partial charge in [-0.05, 0) is 39.5 Å². The maximum Gasteiger partial charge on any atom is 0.249 e. The van der Waals surface area contributed by atoms with Crippen LogP contribution < -0.4 is 5.32 Å². The van der Waals surface area contributed by atoms with E-state index in [0.717, 1.165) is 6.42 Å². The molecule has 2 atom stereocenters. The van der Waals surface area contributed by atoms with Gasteiger partial charge in [0.2, 0.25) is 11.8 Å². The summed E-state index contributed by atoms with van der Waals surface area (Å²) in [4.78, 5) is 27.6. The van der Waals surface area contributed by atoms with Crippen LogP contribution in [0.4, 0.5) is 0 Å². The van der Waals surface area contributed by atoms with Gasteiger partial charge in [-0.1, -0.05) is 20.8 Å². The average Bonchev–Trinajstić information content (AvgIpc) is 2.49. The molecule has 1 aliphatic heterocycles. The molecule has 0 spiro atoms. The minimum absolute atomic E-state index is 0.0223. The van der Waals surface area contributed by atoms with Crippen LogP contribution in [0.5, 0.6) is 0 Å². The van der Waals surface area contributed by atoms with Gasteiger partial charge in [-0.15, -0.1) is 0 Å². The molecule has 0 bridgehead atoms. The Labute approximate surface area is 128 Å². The fourth-order valence-corrected chi connectivity index (χ4v) is 3.13. The van der Waals surface area contributed by atoms with Crippen molar-refractivity contribution in [2.24, 2.45) is 0 Å². The number of hydrogen-bond donors (Lipinski definition) is 1. The Morgan fingerprint density at radius 3 is 2.19 bits per heavy atom. The van der Waals surface area contributed by atoms with Crippen LogP contribution in [-0.4, -0.2) is 47.6 Å². The molecule has 122 valence electrons. The number of nitrogens with zero attached hydrogens (tertiary/aromatic N) is 1. The van der Waals surface area contributed by atoms with Crippen LogP contribution >= 0.6 is 0 Å². The Hall–Kier alpha value is -1.10. The Morgan fingerprint density at radius 1 is 1.19 bits per heavy atom. The van der Waals surface area contributed by atoms with Crippen molar-refractivity contribution in [3.63, 3.8) is 0 Å². The van der Waals surface area contributed by atoms with E-state index in [9.17, 15) is 9.59 Å². The van der Waals surface area contributed by atoms with Crippen molar-refractivity contribution in [3.8, 4) is 0 Å². The summed E-state index contributed by atoms with van der Waals surface area (Å²) in [5.74, 6) is -0.00220. The second-order valence-corrected chi connectivity index (χ2v) is 6.18. The largest absolute Gasteiger partial charge is 0.385 e. The standard InChI is InChI=1S/C16H30N2O3/c1-7-15(5)13(19)17-16(8-2,9-3)14(20)18(15)12(4)10-11-21-6/h12H,7-11H2,1-6H3,(H,17,19). The molecule has 5 nitrogen and oxygen atoms in total. The van der Waals surface area contributed by atoms with Crippen LogP contribution in [-0.2, 0) is 14.3 Å². The monoisotopic (exact) mass is 298 g/mol. The van der Waals surface area contributed by atoms with Crippen molar-refractivity contribution < 1.29 is 14.3 Å². The first-order valence-electron chi connectivity index (χ1n) is 7.98. The molecule has 1 saturated heterocycles. The van der Waals surface area contributed by atoms with E-state index >= 15 is 0 Å². The van der Waals surface area contributed by atoms with E-state index in [1.54, 1.807) is 12.0 Å². The summed E-state index contributed by atoms with van der Waals surface area (Å²) in [7, 11) is 1.65. The van der Waals surface area contributed by atoms with E-state index in [1.165, 1.54) is 0 Å². The van der Waals surface area contributed by atoms with Gasteiger partial charge in [0, 0.05) is 19.8 Å². The number of ether oxygens (including phenoxy) is 1. The predicted octanol–water partition coefficient (Wildman–Crippen LogP) is 2.10. The molecule has 2 unspecified atom stereocenters. The lowest BCUT2D eigenvalue weighted by atomic mass is 9.80. The van der Waals surface area contributed by atoms with Crippen molar-refractivity contribution in [2.45, 2.75) is 77.4 Å². The van der Waals surface area contributed by atoms with Gasteiger partial charge in [0.15, 0.2) is 0 Å². The lowest BCUT2D eigenvalue weighted by Gasteiger charge is -2.53. The molecule has 21 heavy (non-hydrogen) atoms. The first-order valence-corrected chi connectivity index (χ1v) is 7.98. The Morgan fingerprint density at radius 2 is 1.76 bits per heavy atom.